The van der Waals surface area contributed by atoms with E-state index in [9.17, 15) is 9.59 Å². The number of esters is 1. The fraction of sp³-hybridized carbons (Fsp3) is 0.100. The third-order valence-electron chi connectivity index (χ3n) is 3.93. The number of hydrogen-bond donors (Lipinski definition) is 0. The normalized spacial score (nSPS) is 10.4. The fourth-order valence-corrected chi connectivity index (χ4v) is 2.76. The van der Waals surface area contributed by atoms with Crippen molar-refractivity contribution < 1.29 is 19.1 Å². The monoisotopic (exact) mass is 320 g/mol. The van der Waals surface area contributed by atoms with E-state index in [4.69, 9.17) is 9.47 Å². The first kappa shape index (κ1) is 15.7. The maximum absolute atomic E-state index is 13.1. The number of ether oxygens (including phenoxy) is 2. The van der Waals surface area contributed by atoms with Gasteiger partial charge in [-0.1, -0.05) is 42.5 Å². The van der Waals surface area contributed by atoms with Gasteiger partial charge in [0.1, 0.15) is 5.75 Å². The number of hydrogen-bond acceptors (Lipinski definition) is 4. The Hall–Kier alpha value is -3.14. The molecule has 0 spiro atoms. The van der Waals surface area contributed by atoms with Crippen molar-refractivity contribution in [3.63, 3.8) is 0 Å². The molecule has 0 heterocycles. The van der Waals surface area contributed by atoms with Gasteiger partial charge in [-0.3, -0.25) is 4.79 Å². The van der Waals surface area contributed by atoms with Crippen molar-refractivity contribution in [1.82, 2.24) is 0 Å². The van der Waals surface area contributed by atoms with Gasteiger partial charge in [0.05, 0.1) is 19.8 Å². The smallest absolute Gasteiger partial charge is 0.338 e. The van der Waals surface area contributed by atoms with Crippen LogP contribution in [0.2, 0.25) is 0 Å². The summed E-state index contributed by atoms with van der Waals surface area (Å²) in [6, 6.07) is 17.7. The van der Waals surface area contributed by atoms with E-state index in [2.05, 4.69) is 0 Å². The Balaban J connectivity index is 2.19. The third-order valence-corrected chi connectivity index (χ3v) is 3.93. The lowest BCUT2D eigenvalue weighted by atomic mass is 9.94. The summed E-state index contributed by atoms with van der Waals surface area (Å²) >= 11 is 0. The first-order valence-corrected chi connectivity index (χ1v) is 7.45. The second-order valence-corrected chi connectivity index (χ2v) is 5.23. The third kappa shape index (κ3) is 2.63. The van der Waals surface area contributed by atoms with Gasteiger partial charge in [0.25, 0.3) is 0 Å². The van der Waals surface area contributed by atoms with Gasteiger partial charge in [0.2, 0.25) is 0 Å². The molecular formula is C20H16O4. The lowest BCUT2D eigenvalue weighted by Gasteiger charge is -2.11. The molecule has 0 aliphatic heterocycles. The Morgan fingerprint density at radius 3 is 2.00 bits per heavy atom. The summed E-state index contributed by atoms with van der Waals surface area (Å²) in [4.78, 5) is 25.0. The molecule has 0 unspecified atom stereocenters. The van der Waals surface area contributed by atoms with Crippen molar-refractivity contribution in [2.75, 3.05) is 14.2 Å². The Kier molecular flexibility index (Phi) is 4.29. The highest BCUT2D eigenvalue weighted by Gasteiger charge is 2.20. The molecule has 3 aromatic carbocycles. The van der Waals surface area contributed by atoms with Crippen LogP contribution in [0.4, 0.5) is 0 Å². The Morgan fingerprint density at radius 1 is 0.708 bits per heavy atom. The van der Waals surface area contributed by atoms with Crippen molar-refractivity contribution >= 4 is 22.5 Å². The van der Waals surface area contributed by atoms with Gasteiger partial charge in [-0.15, -0.1) is 0 Å². The van der Waals surface area contributed by atoms with E-state index < -0.39 is 5.97 Å². The molecule has 0 N–H and O–H groups in total. The van der Waals surface area contributed by atoms with Gasteiger partial charge in [0, 0.05) is 16.5 Å². The van der Waals surface area contributed by atoms with Gasteiger partial charge in [-0.05, 0) is 23.6 Å². The molecule has 0 aromatic heterocycles. The number of rotatable bonds is 4. The maximum atomic E-state index is 13.1. The zero-order valence-corrected chi connectivity index (χ0v) is 13.4. The highest BCUT2D eigenvalue weighted by atomic mass is 16.5. The predicted octanol–water partition coefficient (Wildman–Crippen LogP) is 3.87. The SMILES string of the molecule is COC(=O)c1ccccc1C(=O)c1ccc(OC)c2ccccc12. The first-order valence-electron chi connectivity index (χ1n) is 7.45. The van der Waals surface area contributed by atoms with Gasteiger partial charge < -0.3 is 9.47 Å². The quantitative estimate of drug-likeness (QED) is 0.541. The van der Waals surface area contributed by atoms with Crippen LogP contribution in [-0.4, -0.2) is 26.0 Å². The van der Waals surface area contributed by atoms with Gasteiger partial charge >= 0.3 is 5.97 Å². The summed E-state index contributed by atoms with van der Waals surface area (Å²) in [5.41, 5.74) is 1.09. The average Bonchev–Trinajstić information content (AvgIpc) is 2.66. The molecule has 4 nitrogen and oxygen atoms in total. The average molecular weight is 320 g/mol. The van der Waals surface area contributed by atoms with Crippen LogP contribution in [0.5, 0.6) is 5.75 Å². The first-order chi connectivity index (χ1) is 11.7. The van der Waals surface area contributed by atoms with Gasteiger partial charge in [-0.25, -0.2) is 4.79 Å². The van der Waals surface area contributed by atoms with E-state index in [1.54, 1.807) is 43.5 Å². The molecule has 3 rings (SSSR count). The number of ketones is 1. The predicted molar refractivity (Wildman–Crippen MR) is 91.7 cm³/mol. The van der Waals surface area contributed by atoms with Gasteiger partial charge in [-0.2, -0.15) is 0 Å². The van der Waals surface area contributed by atoms with Crippen LogP contribution in [0.1, 0.15) is 26.3 Å². The molecule has 0 fully saturated rings. The van der Waals surface area contributed by atoms with E-state index in [0.717, 1.165) is 10.8 Å². The molecule has 0 saturated heterocycles. The van der Waals surface area contributed by atoms with E-state index in [1.807, 2.05) is 24.3 Å². The minimum Gasteiger partial charge on any atom is -0.496 e. The molecular weight excluding hydrogens is 304 g/mol. The topological polar surface area (TPSA) is 52.6 Å². The van der Waals surface area contributed by atoms with Crippen molar-refractivity contribution in [2.45, 2.75) is 0 Å². The zero-order chi connectivity index (χ0) is 17.1. The lowest BCUT2D eigenvalue weighted by Crippen LogP contribution is -2.11. The van der Waals surface area contributed by atoms with Crippen LogP contribution in [0.3, 0.4) is 0 Å². The van der Waals surface area contributed by atoms with E-state index in [1.165, 1.54) is 7.11 Å². The molecule has 4 heteroatoms. The largest absolute Gasteiger partial charge is 0.496 e. The molecule has 0 aliphatic carbocycles. The standard InChI is InChI=1S/C20H16O4/c1-23-18-12-11-16(13-7-3-4-8-14(13)18)19(21)15-9-5-6-10-17(15)20(22)24-2/h3-12H,1-2H3. The minimum absolute atomic E-state index is 0.227. The molecule has 24 heavy (non-hydrogen) atoms. The molecule has 0 saturated carbocycles. The maximum Gasteiger partial charge on any atom is 0.338 e. The van der Waals surface area contributed by atoms with Crippen molar-refractivity contribution in [3.8, 4) is 5.75 Å². The minimum atomic E-state index is -0.531. The summed E-state index contributed by atoms with van der Waals surface area (Å²) in [5.74, 6) is -0.0602. The number of carbonyl (C=O) groups is 2. The van der Waals surface area contributed by atoms with Gasteiger partial charge in [0.15, 0.2) is 5.78 Å². The highest BCUT2D eigenvalue weighted by Crippen LogP contribution is 2.30. The summed E-state index contributed by atoms with van der Waals surface area (Å²) in [7, 11) is 2.89. The second-order valence-electron chi connectivity index (χ2n) is 5.23. The molecule has 0 atom stereocenters. The van der Waals surface area contributed by atoms with Crippen LogP contribution >= 0.6 is 0 Å². The van der Waals surface area contributed by atoms with Crippen LogP contribution in [0.25, 0.3) is 10.8 Å². The molecule has 120 valence electrons. The summed E-state index contributed by atoms with van der Waals surface area (Å²) in [5, 5.41) is 1.63. The molecule has 0 radical (unpaired) electrons. The van der Waals surface area contributed by atoms with Crippen LogP contribution < -0.4 is 4.74 Å². The van der Waals surface area contributed by atoms with Crippen LogP contribution in [-0.2, 0) is 4.74 Å². The summed E-state index contributed by atoms with van der Waals surface area (Å²) in [6.07, 6.45) is 0. The Bertz CT molecular complexity index is 928. The summed E-state index contributed by atoms with van der Waals surface area (Å²) in [6.45, 7) is 0. The Labute approximate surface area is 139 Å². The fourth-order valence-electron chi connectivity index (χ4n) is 2.76. The number of methoxy groups -OCH3 is 2. The van der Waals surface area contributed by atoms with Crippen molar-refractivity contribution in [2.24, 2.45) is 0 Å². The second kappa shape index (κ2) is 6.54. The molecule has 0 amide bonds. The van der Waals surface area contributed by atoms with Crippen molar-refractivity contribution in [1.29, 1.82) is 0 Å². The molecule has 0 bridgehead atoms. The number of benzene rings is 3. The summed E-state index contributed by atoms with van der Waals surface area (Å²) < 4.78 is 10.1. The van der Waals surface area contributed by atoms with Crippen molar-refractivity contribution in [3.05, 3.63) is 77.4 Å². The lowest BCUT2D eigenvalue weighted by molar-refractivity contribution is 0.0597. The van der Waals surface area contributed by atoms with Crippen LogP contribution in [0, 0.1) is 0 Å². The van der Waals surface area contributed by atoms with E-state index >= 15 is 0 Å². The zero-order valence-electron chi connectivity index (χ0n) is 13.4. The highest BCUT2D eigenvalue weighted by molar-refractivity contribution is 6.20. The Morgan fingerprint density at radius 2 is 1.33 bits per heavy atom. The number of carbonyl (C=O) groups excluding carboxylic acids is 2. The van der Waals surface area contributed by atoms with Crippen LogP contribution in [0.15, 0.2) is 60.7 Å². The molecule has 0 aliphatic rings. The molecule has 3 aromatic rings. The van der Waals surface area contributed by atoms with E-state index in [0.29, 0.717) is 16.9 Å². The number of fused-ring (bicyclic) bond motifs is 1. The van der Waals surface area contributed by atoms with E-state index in [-0.39, 0.29) is 11.3 Å².